The molecule has 0 bridgehead atoms. The summed E-state index contributed by atoms with van der Waals surface area (Å²) in [5, 5.41) is 0. The molecule has 2 saturated heterocycles. The molecular formula is C36H42O7. The number of benzene rings is 3. The molecule has 0 amide bonds. The minimum Gasteiger partial charge on any atom is -0.457 e. The van der Waals surface area contributed by atoms with Gasteiger partial charge in [0, 0.05) is 6.61 Å². The van der Waals surface area contributed by atoms with E-state index in [1.807, 2.05) is 110 Å². The number of rotatable bonds is 13. The van der Waals surface area contributed by atoms with Crippen molar-refractivity contribution in [2.75, 3.05) is 13.2 Å². The Morgan fingerprint density at radius 1 is 0.767 bits per heavy atom. The lowest BCUT2D eigenvalue weighted by Gasteiger charge is -2.39. The molecule has 3 aromatic carbocycles. The molecule has 3 aromatic rings. The standard InChI is InChI=1S/C36H42O7/c1-2-13-30(40-24-27-14-6-3-7-15-27)33-32(20-12-22-38-33)43-36(37)35-34(42-26-29-18-10-5-11-19-29)31(21-23-39-35)41-25-28-16-8-4-9-17-28/h2-11,13-19,30-35H,12,20-26H2,1H3/b13-2-/t30-,31+,32-,33+,34-,35-/m0/s1. The van der Waals surface area contributed by atoms with E-state index in [0.29, 0.717) is 45.9 Å². The van der Waals surface area contributed by atoms with Gasteiger partial charge in [-0.05, 0) is 42.9 Å². The quantitative estimate of drug-likeness (QED) is 0.175. The molecule has 2 heterocycles. The van der Waals surface area contributed by atoms with E-state index in [1.54, 1.807) is 0 Å². The second kappa shape index (κ2) is 16.5. The third kappa shape index (κ3) is 9.08. The van der Waals surface area contributed by atoms with Crippen molar-refractivity contribution in [2.45, 2.75) is 82.6 Å². The van der Waals surface area contributed by atoms with Crippen molar-refractivity contribution in [3.63, 3.8) is 0 Å². The van der Waals surface area contributed by atoms with Gasteiger partial charge in [0.05, 0.1) is 32.5 Å². The van der Waals surface area contributed by atoms with Gasteiger partial charge in [-0.25, -0.2) is 4.79 Å². The van der Waals surface area contributed by atoms with Gasteiger partial charge < -0.3 is 28.4 Å². The average Bonchev–Trinajstić information content (AvgIpc) is 3.06. The molecule has 2 aliphatic rings. The van der Waals surface area contributed by atoms with Crippen molar-refractivity contribution in [3.8, 4) is 0 Å². The van der Waals surface area contributed by atoms with Gasteiger partial charge in [-0.2, -0.15) is 0 Å². The summed E-state index contributed by atoms with van der Waals surface area (Å²) in [6, 6.07) is 29.9. The second-order valence-electron chi connectivity index (χ2n) is 10.9. The van der Waals surface area contributed by atoms with Crippen LogP contribution in [-0.2, 0) is 53.0 Å². The molecule has 0 N–H and O–H groups in total. The maximum atomic E-state index is 13.8. The van der Waals surface area contributed by atoms with E-state index in [-0.39, 0.29) is 12.2 Å². The molecule has 2 aliphatic heterocycles. The van der Waals surface area contributed by atoms with Crippen LogP contribution in [0, 0.1) is 0 Å². The van der Waals surface area contributed by atoms with E-state index in [4.69, 9.17) is 28.4 Å². The summed E-state index contributed by atoms with van der Waals surface area (Å²) in [7, 11) is 0. The van der Waals surface area contributed by atoms with Crippen molar-refractivity contribution in [2.24, 2.45) is 0 Å². The molecule has 228 valence electrons. The molecule has 0 aliphatic carbocycles. The molecule has 5 rings (SSSR count). The van der Waals surface area contributed by atoms with E-state index >= 15 is 0 Å². The molecule has 2 fully saturated rings. The number of esters is 1. The summed E-state index contributed by atoms with van der Waals surface area (Å²) in [6.45, 7) is 4.08. The first-order chi connectivity index (χ1) is 21.2. The van der Waals surface area contributed by atoms with Crippen LogP contribution in [0.3, 0.4) is 0 Å². The number of hydrogen-bond acceptors (Lipinski definition) is 7. The topological polar surface area (TPSA) is 72.5 Å². The van der Waals surface area contributed by atoms with E-state index in [9.17, 15) is 4.79 Å². The minimum absolute atomic E-state index is 0.329. The number of allylic oxidation sites excluding steroid dienone is 1. The van der Waals surface area contributed by atoms with Crippen molar-refractivity contribution in [1.82, 2.24) is 0 Å². The number of carbonyl (C=O) groups excluding carboxylic acids is 1. The van der Waals surface area contributed by atoms with Crippen LogP contribution in [0.4, 0.5) is 0 Å². The first-order valence-corrected chi connectivity index (χ1v) is 15.2. The second-order valence-corrected chi connectivity index (χ2v) is 10.9. The highest BCUT2D eigenvalue weighted by molar-refractivity contribution is 5.76. The number of hydrogen-bond donors (Lipinski definition) is 0. The Labute approximate surface area is 254 Å². The van der Waals surface area contributed by atoms with Crippen LogP contribution in [0.25, 0.3) is 0 Å². The molecular weight excluding hydrogens is 544 g/mol. The monoisotopic (exact) mass is 586 g/mol. The van der Waals surface area contributed by atoms with Gasteiger partial charge in [0.15, 0.2) is 6.10 Å². The summed E-state index contributed by atoms with van der Waals surface area (Å²) in [4.78, 5) is 13.8. The lowest BCUT2D eigenvalue weighted by molar-refractivity contribution is -0.216. The van der Waals surface area contributed by atoms with Gasteiger partial charge in [0.25, 0.3) is 0 Å². The van der Waals surface area contributed by atoms with Gasteiger partial charge in [-0.15, -0.1) is 0 Å². The average molecular weight is 587 g/mol. The molecule has 0 aromatic heterocycles. The SMILES string of the molecule is C/C=C\[C@H](OCc1ccccc1)[C@H]1OCCC[C@@H]1OC(=O)[C@H]1OCC[C@@H](OCc2ccccc2)[C@@H]1OCc1ccccc1. The number of ether oxygens (including phenoxy) is 6. The van der Waals surface area contributed by atoms with E-state index in [2.05, 4.69) is 0 Å². The van der Waals surface area contributed by atoms with Gasteiger partial charge in [0.2, 0.25) is 0 Å². The van der Waals surface area contributed by atoms with Gasteiger partial charge >= 0.3 is 5.97 Å². The van der Waals surface area contributed by atoms with Crippen LogP contribution in [0.1, 0.15) is 42.9 Å². The van der Waals surface area contributed by atoms with Crippen LogP contribution >= 0.6 is 0 Å². The van der Waals surface area contributed by atoms with Crippen LogP contribution in [0.5, 0.6) is 0 Å². The Bertz CT molecular complexity index is 1250. The molecule has 0 saturated carbocycles. The first-order valence-electron chi connectivity index (χ1n) is 15.2. The third-order valence-electron chi connectivity index (χ3n) is 7.76. The van der Waals surface area contributed by atoms with Crippen LogP contribution < -0.4 is 0 Å². The number of carbonyl (C=O) groups is 1. The van der Waals surface area contributed by atoms with Crippen molar-refractivity contribution in [1.29, 1.82) is 0 Å². The maximum absolute atomic E-state index is 13.8. The van der Waals surface area contributed by atoms with E-state index in [1.165, 1.54) is 0 Å². The normalized spacial score (nSPS) is 24.9. The summed E-state index contributed by atoms with van der Waals surface area (Å²) in [5.41, 5.74) is 3.13. The fraction of sp³-hybridized carbons (Fsp3) is 0.417. The highest BCUT2D eigenvalue weighted by atomic mass is 16.6. The third-order valence-corrected chi connectivity index (χ3v) is 7.76. The zero-order chi connectivity index (χ0) is 29.7. The zero-order valence-corrected chi connectivity index (χ0v) is 24.8. The van der Waals surface area contributed by atoms with Gasteiger partial charge in [0.1, 0.15) is 24.4 Å². The lowest BCUT2D eigenvalue weighted by atomic mass is 9.98. The summed E-state index contributed by atoms with van der Waals surface area (Å²) in [5.74, 6) is -0.464. The largest absolute Gasteiger partial charge is 0.457 e. The van der Waals surface area contributed by atoms with E-state index in [0.717, 1.165) is 23.1 Å². The van der Waals surface area contributed by atoms with E-state index < -0.39 is 30.4 Å². The molecule has 7 nitrogen and oxygen atoms in total. The Hall–Kier alpha value is -3.33. The highest BCUT2D eigenvalue weighted by Gasteiger charge is 2.44. The van der Waals surface area contributed by atoms with Gasteiger partial charge in [-0.3, -0.25) is 0 Å². The lowest BCUT2D eigenvalue weighted by Crippen LogP contribution is -2.54. The Balaban J connectivity index is 1.28. The smallest absolute Gasteiger partial charge is 0.338 e. The molecule has 0 radical (unpaired) electrons. The fourth-order valence-corrected chi connectivity index (χ4v) is 5.52. The Morgan fingerprint density at radius 2 is 1.37 bits per heavy atom. The Morgan fingerprint density at radius 3 is 2.00 bits per heavy atom. The van der Waals surface area contributed by atoms with Crippen LogP contribution in [0.15, 0.2) is 103 Å². The molecule has 7 heteroatoms. The molecule has 43 heavy (non-hydrogen) atoms. The summed E-state index contributed by atoms with van der Waals surface area (Å²) in [6.07, 6.45) is 2.81. The van der Waals surface area contributed by atoms with Crippen molar-refractivity contribution >= 4 is 5.97 Å². The Kier molecular flexibility index (Phi) is 11.9. The molecule has 0 spiro atoms. The molecule has 0 unspecified atom stereocenters. The van der Waals surface area contributed by atoms with Crippen molar-refractivity contribution < 1.29 is 33.2 Å². The highest BCUT2D eigenvalue weighted by Crippen LogP contribution is 2.28. The van der Waals surface area contributed by atoms with Gasteiger partial charge in [-0.1, -0.05) is 103 Å². The predicted octanol–water partition coefficient (Wildman–Crippen LogP) is 6.20. The molecule has 6 atom stereocenters. The minimum atomic E-state index is -0.925. The maximum Gasteiger partial charge on any atom is 0.338 e. The zero-order valence-electron chi connectivity index (χ0n) is 24.8. The predicted molar refractivity (Wildman–Crippen MR) is 163 cm³/mol. The summed E-state index contributed by atoms with van der Waals surface area (Å²) >= 11 is 0. The van der Waals surface area contributed by atoms with Crippen LogP contribution in [-0.4, -0.2) is 55.8 Å². The summed E-state index contributed by atoms with van der Waals surface area (Å²) < 4.78 is 37.4. The fourth-order valence-electron chi connectivity index (χ4n) is 5.52. The first kappa shape index (κ1) is 31.1. The van der Waals surface area contributed by atoms with Crippen molar-refractivity contribution in [3.05, 3.63) is 120 Å². The van der Waals surface area contributed by atoms with Crippen LogP contribution in [0.2, 0.25) is 0 Å².